The third-order valence-corrected chi connectivity index (χ3v) is 5.30. The highest BCUT2D eigenvalue weighted by Gasteiger charge is 2.22. The Morgan fingerprint density at radius 3 is 2.50 bits per heavy atom. The lowest BCUT2D eigenvalue weighted by molar-refractivity contribution is 0.107. The number of carbonyl (C=O) groups excluding carboxylic acids is 1. The summed E-state index contributed by atoms with van der Waals surface area (Å²) >= 11 is 13.5. The van der Waals surface area contributed by atoms with Gasteiger partial charge in [-0.3, -0.25) is 9.89 Å². The van der Waals surface area contributed by atoms with E-state index in [1.165, 1.54) is 11.8 Å². The van der Waals surface area contributed by atoms with Gasteiger partial charge in [0.15, 0.2) is 0 Å². The average Bonchev–Trinajstić information content (AvgIpc) is 2.97. The first-order valence-electron chi connectivity index (χ1n) is 7.32. The lowest BCUT2D eigenvalue weighted by Gasteiger charge is -2.14. The second kappa shape index (κ2) is 7.43. The van der Waals surface area contributed by atoms with E-state index in [0.29, 0.717) is 10.7 Å². The zero-order chi connectivity index (χ0) is 17.1. The van der Waals surface area contributed by atoms with Crippen molar-refractivity contribution in [2.45, 2.75) is 17.1 Å². The first-order chi connectivity index (χ1) is 11.6. The molecular formula is C18H14Cl2N2OS. The van der Waals surface area contributed by atoms with Gasteiger partial charge in [-0.2, -0.15) is 5.10 Å². The monoisotopic (exact) mass is 376 g/mol. The third-order valence-electron chi connectivity index (χ3n) is 3.61. The van der Waals surface area contributed by atoms with Gasteiger partial charge in [-0.05, 0) is 30.7 Å². The van der Waals surface area contributed by atoms with Crippen LogP contribution >= 0.6 is 35.0 Å². The Labute approximate surface area is 154 Å². The van der Waals surface area contributed by atoms with Crippen LogP contribution in [-0.2, 0) is 0 Å². The number of hydrogen-bond acceptors (Lipinski definition) is 3. The number of nitrogens with zero attached hydrogens (tertiary/aromatic N) is 1. The van der Waals surface area contributed by atoms with E-state index in [0.717, 1.165) is 21.7 Å². The SMILES string of the molecule is CC(Sc1ccccc1C(=O)Cl)c1c(-c2ccccc2)n[nH]c1Cl. The maximum atomic E-state index is 11.6. The van der Waals surface area contributed by atoms with Gasteiger partial charge in [0.25, 0.3) is 5.24 Å². The molecule has 0 aliphatic rings. The molecule has 3 nitrogen and oxygen atoms in total. The van der Waals surface area contributed by atoms with Crippen molar-refractivity contribution in [3.63, 3.8) is 0 Å². The summed E-state index contributed by atoms with van der Waals surface area (Å²) in [4.78, 5) is 12.4. The van der Waals surface area contributed by atoms with Crippen LogP contribution in [0.4, 0.5) is 0 Å². The van der Waals surface area contributed by atoms with Crippen molar-refractivity contribution in [1.29, 1.82) is 0 Å². The van der Waals surface area contributed by atoms with E-state index in [4.69, 9.17) is 23.2 Å². The van der Waals surface area contributed by atoms with E-state index in [1.807, 2.05) is 49.4 Å². The second-order valence-corrected chi connectivity index (χ2v) is 7.30. The highest BCUT2D eigenvalue weighted by Crippen LogP contribution is 2.42. The summed E-state index contributed by atoms with van der Waals surface area (Å²) in [6.07, 6.45) is 0. The van der Waals surface area contributed by atoms with Crippen LogP contribution in [0.2, 0.25) is 5.15 Å². The molecule has 3 rings (SSSR count). The molecule has 0 radical (unpaired) electrons. The van der Waals surface area contributed by atoms with Crippen LogP contribution in [0, 0.1) is 0 Å². The summed E-state index contributed by atoms with van der Waals surface area (Å²) in [6, 6.07) is 17.1. The van der Waals surface area contributed by atoms with Gasteiger partial charge in [-0.15, -0.1) is 11.8 Å². The summed E-state index contributed by atoms with van der Waals surface area (Å²) in [7, 11) is 0. The van der Waals surface area contributed by atoms with E-state index in [1.54, 1.807) is 12.1 Å². The van der Waals surface area contributed by atoms with Gasteiger partial charge in [0, 0.05) is 26.8 Å². The molecule has 122 valence electrons. The largest absolute Gasteiger partial charge is 0.276 e. The van der Waals surface area contributed by atoms with Crippen LogP contribution in [0.3, 0.4) is 0 Å². The fourth-order valence-corrected chi connectivity index (χ4v) is 4.25. The summed E-state index contributed by atoms with van der Waals surface area (Å²) in [5.41, 5.74) is 3.21. The molecule has 3 aromatic rings. The van der Waals surface area contributed by atoms with Crippen molar-refractivity contribution in [3.05, 3.63) is 70.9 Å². The molecule has 24 heavy (non-hydrogen) atoms. The van der Waals surface area contributed by atoms with Gasteiger partial charge in [0.2, 0.25) is 0 Å². The van der Waals surface area contributed by atoms with E-state index in [-0.39, 0.29) is 5.25 Å². The highest BCUT2D eigenvalue weighted by molar-refractivity contribution is 7.99. The molecule has 0 bridgehead atoms. The first-order valence-corrected chi connectivity index (χ1v) is 8.96. The second-order valence-electron chi connectivity index (χ2n) is 5.20. The van der Waals surface area contributed by atoms with Crippen molar-refractivity contribution < 1.29 is 4.79 Å². The summed E-state index contributed by atoms with van der Waals surface area (Å²) < 4.78 is 0. The van der Waals surface area contributed by atoms with E-state index >= 15 is 0 Å². The number of rotatable bonds is 5. The maximum absolute atomic E-state index is 11.6. The van der Waals surface area contributed by atoms with Crippen molar-refractivity contribution in [2.24, 2.45) is 0 Å². The smallest absolute Gasteiger partial charge is 0.253 e. The predicted molar refractivity (Wildman–Crippen MR) is 99.9 cm³/mol. The molecule has 0 spiro atoms. The Kier molecular flexibility index (Phi) is 5.29. The molecular weight excluding hydrogens is 363 g/mol. The Morgan fingerprint density at radius 1 is 1.12 bits per heavy atom. The Hall–Kier alpha value is -1.75. The van der Waals surface area contributed by atoms with Gasteiger partial charge in [0.05, 0.1) is 5.69 Å². The van der Waals surface area contributed by atoms with E-state index < -0.39 is 5.24 Å². The van der Waals surface area contributed by atoms with Gasteiger partial charge in [-0.25, -0.2) is 0 Å². The number of carbonyl (C=O) groups is 1. The Balaban J connectivity index is 1.96. The topological polar surface area (TPSA) is 45.8 Å². The van der Waals surface area contributed by atoms with Crippen LogP contribution in [0.15, 0.2) is 59.5 Å². The van der Waals surface area contributed by atoms with Crippen LogP contribution in [-0.4, -0.2) is 15.4 Å². The van der Waals surface area contributed by atoms with Crippen LogP contribution in [0.25, 0.3) is 11.3 Å². The van der Waals surface area contributed by atoms with Crippen LogP contribution in [0.1, 0.15) is 28.1 Å². The quantitative estimate of drug-likeness (QED) is 0.441. The number of benzene rings is 2. The number of aromatic nitrogens is 2. The van der Waals surface area contributed by atoms with Crippen molar-refractivity contribution in [3.8, 4) is 11.3 Å². The minimum absolute atomic E-state index is 0.0105. The Morgan fingerprint density at radius 2 is 1.79 bits per heavy atom. The van der Waals surface area contributed by atoms with Crippen molar-refractivity contribution >= 4 is 40.2 Å². The lowest BCUT2D eigenvalue weighted by atomic mass is 10.1. The zero-order valence-corrected chi connectivity index (χ0v) is 15.1. The minimum atomic E-state index is -0.466. The van der Waals surface area contributed by atoms with Gasteiger partial charge in [-0.1, -0.05) is 54.1 Å². The molecule has 0 fully saturated rings. The highest BCUT2D eigenvalue weighted by atomic mass is 35.5. The number of aromatic amines is 1. The molecule has 1 atom stereocenters. The Bertz CT molecular complexity index is 864. The number of halogens is 2. The van der Waals surface area contributed by atoms with Gasteiger partial charge >= 0.3 is 0 Å². The lowest BCUT2D eigenvalue weighted by Crippen LogP contribution is -1.96. The third kappa shape index (κ3) is 3.51. The first kappa shape index (κ1) is 17.1. The molecule has 0 saturated carbocycles. The fraction of sp³-hybridized carbons (Fsp3) is 0.111. The molecule has 0 aliphatic heterocycles. The number of hydrogen-bond donors (Lipinski definition) is 1. The molecule has 6 heteroatoms. The van der Waals surface area contributed by atoms with Crippen LogP contribution < -0.4 is 0 Å². The molecule has 2 aromatic carbocycles. The molecule has 0 aliphatic carbocycles. The number of H-pyrrole nitrogens is 1. The molecule has 1 heterocycles. The molecule has 0 amide bonds. The summed E-state index contributed by atoms with van der Waals surface area (Å²) in [5.74, 6) is 0. The predicted octanol–water partition coefficient (Wildman–Crippen LogP) is 5.96. The molecule has 1 N–H and O–H groups in total. The number of nitrogens with one attached hydrogen (secondary N) is 1. The van der Waals surface area contributed by atoms with E-state index in [2.05, 4.69) is 10.2 Å². The summed E-state index contributed by atoms with van der Waals surface area (Å²) in [6.45, 7) is 2.03. The zero-order valence-electron chi connectivity index (χ0n) is 12.8. The average molecular weight is 377 g/mol. The molecule has 1 unspecified atom stereocenters. The molecule has 1 aromatic heterocycles. The van der Waals surface area contributed by atoms with Crippen molar-refractivity contribution in [2.75, 3.05) is 0 Å². The summed E-state index contributed by atoms with van der Waals surface area (Å²) in [5, 5.41) is 7.22. The maximum Gasteiger partial charge on any atom is 0.253 e. The normalized spacial score (nSPS) is 12.1. The molecule has 0 saturated heterocycles. The van der Waals surface area contributed by atoms with Gasteiger partial charge < -0.3 is 0 Å². The van der Waals surface area contributed by atoms with Crippen molar-refractivity contribution in [1.82, 2.24) is 10.2 Å². The minimum Gasteiger partial charge on any atom is -0.276 e. The standard InChI is InChI=1S/C18H14Cl2N2OS/c1-11(24-14-10-6-5-9-13(14)18(20)23)15-16(21-22-17(15)19)12-7-3-2-4-8-12/h2-11H,1H3,(H,21,22). The fourth-order valence-electron chi connectivity index (χ4n) is 2.50. The number of thioether (sulfide) groups is 1. The van der Waals surface area contributed by atoms with E-state index in [9.17, 15) is 4.79 Å². The van der Waals surface area contributed by atoms with Crippen LogP contribution in [0.5, 0.6) is 0 Å². The van der Waals surface area contributed by atoms with Gasteiger partial charge in [0.1, 0.15) is 5.15 Å².